The quantitative estimate of drug-likeness (QED) is 0.818. The molecule has 106 valence electrons. The maximum Gasteiger partial charge on any atom is 0.123 e. The highest BCUT2D eigenvalue weighted by Crippen LogP contribution is 2.43. The maximum atomic E-state index is 5.40. The van der Waals surface area contributed by atoms with Crippen LogP contribution >= 0.6 is 0 Å². The van der Waals surface area contributed by atoms with Crippen LogP contribution in [0.2, 0.25) is 0 Å². The summed E-state index contributed by atoms with van der Waals surface area (Å²) in [5.41, 5.74) is 1.71. The molecule has 0 atom stereocenters. The van der Waals surface area contributed by atoms with E-state index in [4.69, 9.17) is 9.47 Å². The first-order valence-corrected chi connectivity index (χ1v) is 7.14. The number of ether oxygens (including phenoxy) is 2. The Bertz CT molecular complexity index is 408. The molecule has 19 heavy (non-hydrogen) atoms. The zero-order valence-corrected chi connectivity index (χ0v) is 12.3. The number of methoxy groups -OCH3 is 2. The predicted octanol–water partition coefficient (Wildman–Crippen LogP) is 3.37. The maximum absolute atomic E-state index is 5.40. The summed E-state index contributed by atoms with van der Waals surface area (Å²) in [5.74, 6) is 1.80. The van der Waals surface area contributed by atoms with Crippen molar-refractivity contribution in [3.05, 3.63) is 23.8 Å². The van der Waals surface area contributed by atoms with Crippen LogP contribution in [-0.2, 0) is 6.54 Å². The highest BCUT2D eigenvalue weighted by molar-refractivity contribution is 5.40. The van der Waals surface area contributed by atoms with Crippen LogP contribution in [0.15, 0.2) is 18.2 Å². The lowest BCUT2D eigenvalue weighted by molar-refractivity contribution is 0.123. The molecule has 1 saturated carbocycles. The van der Waals surface area contributed by atoms with Crippen molar-refractivity contribution in [3.8, 4) is 11.5 Å². The predicted molar refractivity (Wildman–Crippen MR) is 77.8 cm³/mol. The second-order valence-electron chi connectivity index (χ2n) is 5.49. The van der Waals surface area contributed by atoms with E-state index in [1.54, 1.807) is 14.2 Å². The second-order valence-corrected chi connectivity index (χ2v) is 5.49. The molecular weight excluding hydrogens is 238 g/mol. The smallest absolute Gasteiger partial charge is 0.123 e. The van der Waals surface area contributed by atoms with Gasteiger partial charge in [0, 0.05) is 18.7 Å². The van der Waals surface area contributed by atoms with Crippen molar-refractivity contribution in [1.82, 2.24) is 5.32 Å². The van der Waals surface area contributed by atoms with Crippen molar-refractivity contribution >= 4 is 0 Å². The summed E-state index contributed by atoms with van der Waals surface area (Å²) in [4.78, 5) is 0. The molecule has 0 aliphatic heterocycles. The van der Waals surface area contributed by atoms with Crippen molar-refractivity contribution in [1.29, 1.82) is 0 Å². The molecule has 1 aliphatic rings. The van der Waals surface area contributed by atoms with E-state index < -0.39 is 0 Å². The molecule has 0 radical (unpaired) electrons. The van der Waals surface area contributed by atoms with Gasteiger partial charge in [-0.2, -0.15) is 0 Å². The average Bonchev–Trinajstić information content (AvgIpc) is 2.41. The fraction of sp³-hybridized carbons (Fsp3) is 0.625. The molecule has 3 nitrogen and oxygen atoms in total. The minimum atomic E-state index is 0.548. The van der Waals surface area contributed by atoms with Crippen molar-refractivity contribution in [2.45, 2.75) is 39.2 Å². The first-order valence-electron chi connectivity index (χ1n) is 7.14. The van der Waals surface area contributed by atoms with Crippen molar-refractivity contribution in [3.63, 3.8) is 0 Å². The Kier molecular flexibility index (Phi) is 4.70. The molecule has 0 unspecified atom stereocenters. The van der Waals surface area contributed by atoms with Crippen molar-refractivity contribution in [2.75, 3.05) is 20.8 Å². The van der Waals surface area contributed by atoms with Crippen molar-refractivity contribution < 1.29 is 9.47 Å². The van der Waals surface area contributed by atoms with E-state index in [1.165, 1.54) is 25.7 Å². The van der Waals surface area contributed by atoms with E-state index in [0.717, 1.165) is 30.2 Å². The van der Waals surface area contributed by atoms with Gasteiger partial charge in [-0.05, 0) is 42.9 Å². The van der Waals surface area contributed by atoms with Gasteiger partial charge < -0.3 is 14.8 Å². The first-order chi connectivity index (χ1) is 9.23. The molecule has 1 aliphatic carbocycles. The summed E-state index contributed by atoms with van der Waals surface area (Å²) in [5, 5.41) is 3.59. The van der Waals surface area contributed by atoms with Crippen LogP contribution in [0.3, 0.4) is 0 Å². The summed E-state index contributed by atoms with van der Waals surface area (Å²) in [6.07, 6.45) is 5.39. The lowest BCUT2D eigenvalue weighted by Crippen LogP contribution is -2.39. The van der Waals surface area contributed by atoms with Crippen LogP contribution < -0.4 is 14.8 Å². The fourth-order valence-corrected chi connectivity index (χ4v) is 2.81. The summed E-state index contributed by atoms with van der Waals surface area (Å²) in [6, 6.07) is 5.95. The van der Waals surface area contributed by atoms with E-state index in [0.29, 0.717) is 5.41 Å². The third-order valence-electron chi connectivity index (χ3n) is 4.47. The molecule has 0 bridgehead atoms. The Labute approximate surface area is 116 Å². The van der Waals surface area contributed by atoms with Crippen LogP contribution in [0, 0.1) is 5.41 Å². The molecule has 1 fully saturated rings. The third-order valence-corrected chi connectivity index (χ3v) is 4.47. The monoisotopic (exact) mass is 263 g/mol. The van der Waals surface area contributed by atoms with Crippen LogP contribution in [0.25, 0.3) is 0 Å². The Balaban J connectivity index is 1.94. The Morgan fingerprint density at radius 2 is 2.00 bits per heavy atom. The number of hydrogen-bond acceptors (Lipinski definition) is 3. The normalized spacial score (nSPS) is 16.8. The molecule has 0 spiro atoms. The number of nitrogens with one attached hydrogen (secondary N) is 1. The molecule has 0 heterocycles. The highest BCUT2D eigenvalue weighted by atomic mass is 16.5. The van der Waals surface area contributed by atoms with Gasteiger partial charge in [-0.25, -0.2) is 0 Å². The van der Waals surface area contributed by atoms with E-state index >= 15 is 0 Å². The standard InChI is InChI=1S/C16H25NO2/c1-4-16(8-5-9-16)12-17-11-13-10-14(18-2)6-7-15(13)19-3/h6-7,10,17H,4-5,8-9,11-12H2,1-3H3. The van der Waals surface area contributed by atoms with Gasteiger partial charge in [0.05, 0.1) is 14.2 Å². The van der Waals surface area contributed by atoms with Crippen molar-refractivity contribution in [2.24, 2.45) is 5.41 Å². The van der Waals surface area contributed by atoms with E-state index in [1.807, 2.05) is 18.2 Å². The summed E-state index contributed by atoms with van der Waals surface area (Å²) in [6.45, 7) is 4.24. The molecule has 1 N–H and O–H groups in total. The summed E-state index contributed by atoms with van der Waals surface area (Å²) >= 11 is 0. The molecule has 2 rings (SSSR count). The van der Waals surface area contributed by atoms with Gasteiger partial charge in [-0.3, -0.25) is 0 Å². The molecular formula is C16H25NO2. The van der Waals surface area contributed by atoms with Gasteiger partial charge in [0.15, 0.2) is 0 Å². The zero-order valence-electron chi connectivity index (χ0n) is 12.3. The Hall–Kier alpha value is -1.22. The van der Waals surface area contributed by atoms with Gasteiger partial charge in [-0.1, -0.05) is 13.3 Å². The Morgan fingerprint density at radius 1 is 1.21 bits per heavy atom. The molecule has 3 heteroatoms. The lowest BCUT2D eigenvalue weighted by Gasteiger charge is -2.41. The highest BCUT2D eigenvalue weighted by Gasteiger charge is 2.34. The fourth-order valence-electron chi connectivity index (χ4n) is 2.81. The third kappa shape index (κ3) is 3.21. The lowest BCUT2D eigenvalue weighted by atomic mass is 9.67. The SMILES string of the molecule is CCC1(CNCc2cc(OC)ccc2OC)CCC1. The number of hydrogen-bond donors (Lipinski definition) is 1. The average molecular weight is 263 g/mol. The number of rotatable bonds is 7. The van der Waals surface area contributed by atoms with Gasteiger partial charge in [-0.15, -0.1) is 0 Å². The molecule has 0 saturated heterocycles. The summed E-state index contributed by atoms with van der Waals surface area (Å²) in [7, 11) is 3.41. The summed E-state index contributed by atoms with van der Waals surface area (Å²) < 4.78 is 10.7. The van der Waals surface area contributed by atoms with E-state index in [9.17, 15) is 0 Å². The molecule has 0 amide bonds. The van der Waals surface area contributed by atoms with Gasteiger partial charge >= 0.3 is 0 Å². The van der Waals surface area contributed by atoms with Crippen LogP contribution in [0.5, 0.6) is 11.5 Å². The van der Waals surface area contributed by atoms with Gasteiger partial charge in [0.25, 0.3) is 0 Å². The van der Waals surface area contributed by atoms with Crippen LogP contribution in [0.1, 0.15) is 38.2 Å². The first kappa shape index (κ1) is 14.2. The van der Waals surface area contributed by atoms with E-state index in [-0.39, 0.29) is 0 Å². The largest absolute Gasteiger partial charge is 0.497 e. The second kappa shape index (κ2) is 6.29. The Morgan fingerprint density at radius 3 is 2.53 bits per heavy atom. The zero-order chi connectivity index (χ0) is 13.7. The molecule has 0 aromatic heterocycles. The van der Waals surface area contributed by atoms with Gasteiger partial charge in [0.1, 0.15) is 11.5 Å². The van der Waals surface area contributed by atoms with E-state index in [2.05, 4.69) is 12.2 Å². The van der Waals surface area contributed by atoms with Crippen LogP contribution in [-0.4, -0.2) is 20.8 Å². The molecule has 1 aromatic rings. The number of benzene rings is 1. The van der Waals surface area contributed by atoms with Crippen LogP contribution in [0.4, 0.5) is 0 Å². The minimum Gasteiger partial charge on any atom is -0.497 e. The minimum absolute atomic E-state index is 0.548. The molecule has 1 aromatic carbocycles. The van der Waals surface area contributed by atoms with Gasteiger partial charge in [0.2, 0.25) is 0 Å². The topological polar surface area (TPSA) is 30.5 Å².